The standard InChI is InChI=1S/C23H19ClN4O2/c1-14(15-7-3-2-4-8-15)25-20-12-11-16(13-19(20)24)26-23(30)21-17-9-5-6-10-18(17)22(29)28-27-21/h2-14,25H,1H3,(H,26,30)(H,28,29). The molecule has 3 N–H and O–H groups in total. The third-order valence-corrected chi connectivity index (χ3v) is 5.12. The monoisotopic (exact) mass is 418 g/mol. The first-order valence-electron chi connectivity index (χ1n) is 9.43. The van der Waals surface area contributed by atoms with Crippen molar-refractivity contribution < 1.29 is 4.79 Å². The van der Waals surface area contributed by atoms with Crippen molar-refractivity contribution in [2.45, 2.75) is 13.0 Å². The number of hydrogen-bond donors (Lipinski definition) is 3. The molecule has 4 rings (SSSR count). The number of benzene rings is 3. The average Bonchev–Trinajstić information content (AvgIpc) is 2.76. The minimum absolute atomic E-state index is 0.0702. The summed E-state index contributed by atoms with van der Waals surface area (Å²) in [4.78, 5) is 24.7. The molecular formula is C23H19ClN4O2. The molecule has 30 heavy (non-hydrogen) atoms. The van der Waals surface area contributed by atoms with Gasteiger partial charge in [-0.15, -0.1) is 0 Å². The Hall–Kier alpha value is -3.64. The smallest absolute Gasteiger partial charge is 0.276 e. The summed E-state index contributed by atoms with van der Waals surface area (Å²) in [6.07, 6.45) is 0. The van der Waals surface area contributed by atoms with E-state index < -0.39 is 5.91 Å². The Morgan fingerprint density at radius 1 is 1.00 bits per heavy atom. The number of aromatic nitrogens is 2. The van der Waals surface area contributed by atoms with E-state index in [1.807, 2.05) is 43.3 Å². The van der Waals surface area contributed by atoms with E-state index in [-0.39, 0.29) is 17.3 Å². The zero-order valence-electron chi connectivity index (χ0n) is 16.1. The Labute approximate surface area is 177 Å². The molecule has 0 bridgehead atoms. The van der Waals surface area contributed by atoms with Crippen molar-refractivity contribution in [1.29, 1.82) is 0 Å². The highest BCUT2D eigenvalue weighted by Gasteiger charge is 2.15. The number of H-pyrrole nitrogens is 1. The molecule has 4 aromatic rings. The lowest BCUT2D eigenvalue weighted by atomic mass is 10.1. The number of nitrogens with one attached hydrogen (secondary N) is 3. The van der Waals surface area contributed by atoms with E-state index in [0.717, 1.165) is 11.3 Å². The Morgan fingerprint density at radius 2 is 1.70 bits per heavy atom. The van der Waals surface area contributed by atoms with Crippen LogP contribution in [0.5, 0.6) is 0 Å². The molecule has 0 aliphatic heterocycles. The van der Waals surface area contributed by atoms with E-state index in [4.69, 9.17) is 11.6 Å². The summed E-state index contributed by atoms with van der Waals surface area (Å²) in [5.41, 5.74) is 2.23. The molecule has 0 radical (unpaired) electrons. The third kappa shape index (κ3) is 4.04. The van der Waals surface area contributed by atoms with Crippen LogP contribution in [-0.2, 0) is 0 Å². The van der Waals surface area contributed by atoms with Crippen molar-refractivity contribution in [3.05, 3.63) is 99.4 Å². The molecule has 0 aliphatic carbocycles. The van der Waals surface area contributed by atoms with E-state index in [1.54, 1.807) is 36.4 Å². The summed E-state index contributed by atoms with van der Waals surface area (Å²) in [5, 5.41) is 13.8. The minimum atomic E-state index is -0.433. The fraction of sp³-hybridized carbons (Fsp3) is 0.0870. The minimum Gasteiger partial charge on any atom is -0.377 e. The van der Waals surface area contributed by atoms with Crippen molar-refractivity contribution in [3.63, 3.8) is 0 Å². The Balaban J connectivity index is 1.54. The van der Waals surface area contributed by atoms with E-state index in [2.05, 4.69) is 20.8 Å². The SMILES string of the molecule is CC(Nc1ccc(NC(=O)c2n[nH]c(=O)c3ccccc23)cc1Cl)c1ccccc1. The Morgan fingerprint density at radius 3 is 2.43 bits per heavy atom. The maximum absolute atomic E-state index is 12.7. The Kier molecular flexibility index (Phi) is 5.50. The van der Waals surface area contributed by atoms with Gasteiger partial charge in [-0.2, -0.15) is 5.10 Å². The summed E-state index contributed by atoms with van der Waals surface area (Å²) in [6.45, 7) is 2.05. The molecule has 0 spiro atoms. The highest BCUT2D eigenvalue weighted by molar-refractivity contribution is 6.33. The molecule has 0 fully saturated rings. The quantitative estimate of drug-likeness (QED) is 0.425. The van der Waals surface area contributed by atoms with Gasteiger partial charge in [-0.05, 0) is 36.8 Å². The van der Waals surface area contributed by atoms with Crippen molar-refractivity contribution >= 4 is 39.7 Å². The van der Waals surface area contributed by atoms with E-state index in [1.165, 1.54) is 0 Å². The molecule has 6 nitrogen and oxygen atoms in total. The van der Waals surface area contributed by atoms with Crippen molar-refractivity contribution in [3.8, 4) is 0 Å². The number of carbonyl (C=O) groups is 1. The van der Waals surface area contributed by atoms with Crippen molar-refractivity contribution in [2.24, 2.45) is 0 Å². The average molecular weight is 419 g/mol. The van der Waals surface area contributed by atoms with Crippen LogP contribution in [0.15, 0.2) is 77.6 Å². The summed E-state index contributed by atoms with van der Waals surface area (Å²) in [7, 11) is 0. The summed E-state index contributed by atoms with van der Waals surface area (Å²) >= 11 is 6.43. The topological polar surface area (TPSA) is 86.9 Å². The number of halogens is 1. The largest absolute Gasteiger partial charge is 0.377 e. The van der Waals surface area contributed by atoms with Gasteiger partial charge in [0.2, 0.25) is 0 Å². The number of anilines is 2. The molecule has 1 aromatic heterocycles. The van der Waals surface area contributed by atoms with Crippen molar-refractivity contribution in [1.82, 2.24) is 10.2 Å². The second kappa shape index (κ2) is 8.39. The number of hydrogen-bond acceptors (Lipinski definition) is 4. The van der Waals surface area contributed by atoms with Crippen LogP contribution in [0.3, 0.4) is 0 Å². The normalized spacial score (nSPS) is 11.8. The van der Waals surface area contributed by atoms with Crippen LogP contribution in [0, 0.1) is 0 Å². The van der Waals surface area contributed by atoms with Crippen LogP contribution in [0.4, 0.5) is 11.4 Å². The molecule has 1 atom stereocenters. The fourth-order valence-corrected chi connectivity index (χ4v) is 3.48. The molecule has 150 valence electrons. The van der Waals surface area contributed by atoms with Crippen LogP contribution < -0.4 is 16.2 Å². The maximum atomic E-state index is 12.7. The van der Waals surface area contributed by atoms with Crippen LogP contribution >= 0.6 is 11.6 Å². The Bertz CT molecular complexity index is 1270. The lowest BCUT2D eigenvalue weighted by Crippen LogP contribution is -2.19. The molecule has 0 saturated heterocycles. The maximum Gasteiger partial charge on any atom is 0.276 e. The van der Waals surface area contributed by atoms with Crippen LogP contribution in [-0.4, -0.2) is 16.1 Å². The van der Waals surface area contributed by atoms with Crippen LogP contribution in [0.25, 0.3) is 10.8 Å². The van der Waals surface area contributed by atoms with Gasteiger partial charge in [0.05, 0.1) is 16.1 Å². The first-order valence-corrected chi connectivity index (χ1v) is 9.80. The van der Waals surface area contributed by atoms with E-state index >= 15 is 0 Å². The number of fused-ring (bicyclic) bond motifs is 1. The lowest BCUT2D eigenvalue weighted by molar-refractivity contribution is 0.102. The molecule has 1 heterocycles. The second-order valence-electron chi connectivity index (χ2n) is 6.87. The number of amides is 1. The third-order valence-electron chi connectivity index (χ3n) is 4.81. The predicted octanol–water partition coefficient (Wildman–Crippen LogP) is 5.00. The van der Waals surface area contributed by atoms with Crippen LogP contribution in [0.1, 0.15) is 29.0 Å². The predicted molar refractivity (Wildman–Crippen MR) is 120 cm³/mol. The first-order chi connectivity index (χ1) is 14.5. The lowest BCUT2D eigenvalue weighted by Gasteiger charge is -2.17. The van der Waals surface area contributed by atoms with Gasteiger partial charge < -0.3 is 10.6 Å². The van der Waals surface area contributed by atoms with Gasteiger partial charge in [0.1, 0.15) is 0 Å². The van der Waals surface area contributed by atoms with Crippen LogP contribution in [0.2, 0.25) is 5.02 Å². The number of rotatable bonds is 5. The summed E-state index contributed by atoms with van der Waals surface area (Å²) in [5.74, 6) is -0.433. The first kappa shape index (κ1) is 19.7. The zero-order valence-corrected chi connectivity index (χ0v) is 16.9. The molecule has 1 amide bonds. The summed E-state index contributed by atoms with van der Waals surface area (Å²) in [6, 6.07) is 22.2. The van der Waals surface area contributed by atoms with E-state index in [0.29, 0.717) is 21.5 Å². The number of nitrogens with zero attached hydrogens (tertiary/aromatic N) is 1. The van der Waals surface area contributed by atoms with Gasteiger partial charge in [-0.3, -0.25) is 9.59 Å². The van der Waals surface area contributed by atoms with Gasteiger partial charge in [0, 0.05) is 17.1 Å². The highest BCUT2D eigenvalue weighted by Crippen LogP contribution is 2.29. The summed E-state index contributed by atoms with van der Waals surface area (Å²) < 4.78 is 0. The van der Waals surface area contributed by atoms with E-state index in [9.17, 15) is 9.59 Å². The van der Waals surface area contributed by atoms with Gasteiger partial charge in [-0.1, -0.05) is 60.1 Å². The van der Waals surface area contributed by atoms with Gasteiger partial charge >= 0.3 is 0 Å². The highest BCUT2D eigenvalue weighted by atomic mass is 35.5. The molecule has 0 saturated carbocycles. The van der Waals surface area contributed by atoms with Gasteiger partial charge in [0.15, 0.2) is 5.69 Å². The molecule has 7 heteroatoms. The number of aromatic amines is 1. The number of carbonyl (C=O) groups excluding carboxylic acids is 1. The molecule has 3 aromatic carbocycles. The fourth-order valence-electron chi connectivity index (χ4n) is 3.25. The molecular weight excluding hydrogens is 400 g/mol. The van der Waals surface area contributed by atoms with Crippen molar-refractivity contribution in [2.75, 3.05) is 10.6 Å². The second-order valence-corrected chi connectivity index (χ2v) is 7.28. The van der Waals surface area contributed by atoms with Gasteiger partial charge in [-0.25, -0.2) is 5.10 Å². The zero-order chi connectivity index (χ0) is 21.1. The van der Waals surface area contributed by atoms with Gasteiger partial charge in [0.25, 0.3) is 11.5 Å². The molecule has 0 aliphatic rings. The molecule has 1 unspecified atom stereocenters.